The molecule has 1 aromatic carbocycles. The molecule has 23 heavy (non-hydrogen) atoms. The highest BCUT2D eigenvalue weighted by Crippen LogP contribution is 2.48. The minimum absolute atomic E-state index is 0.447. The maximum atomic E-state index is 11.6. The molecule has 2 atom stereocenters. The Labute approximate surface area is 137 Å². The predicted molar refractivity (Wildman–Crippen MR) is 88.4 cm³/mol. The number of benzene rings is 1. The summed E-state index contributed by atoms with van der Waals surface area (Å²) in [6.07, 6.45) is 2.75. The van der Waals surface area contributed by atoms with Crippen LogP contribution in [0.15, 0.2) is 18.2 Å². The molecule has 0 unspecified atom stereocenters. The third kappa shape index (κ3) is 2.52. The zero-order valence-corrected chi connectivity index (χ0v) is 14.1. The number of rotatable bonds is 2. The van der Waals surface area contributed by atoms with E-state index in [2.05, 4.69) is 11.8 Å². The SMILES string of the molecule is CC1(C)Oc2ccc(C(N)=O)cc2[C@](C)(N2CCCCC2)[C@H]1O. The number of carbonyl (C=O) groups excluding carboxylic acids is 1. The molecule has 2 heterocycles. The van der Waals surface area contributed by atoms with Crippen molar-refractivity contribution in [2.24, 2.45) is 5.73 Å². The zero-order chi connectivity index (χ0) is 16.8. The highest BCUT2D eigenvalue weighted by molar-refractivity contribution is 5.93. The highest BCUT2D eigenvalue weighted by Gasteiger charge is 2.53. The topological polar surface area (TPSA) is 75.8 Å². The number of fused-ring (bicyclic) bond motifs is 1. The fourth-order valence-electron chi connectivity index (χ4n) is 4.03. The number of hydrogen-bond acceptors (Lipinski definition) is 4. The van der Waals surface area contributed by atoms with E-state index in [-0.39, 0.29) is 0 Å². The number of primary amides is 1. The molecule has 0 bridgehead atoms. The van der Waals surface area contributed by atoms with Crippen LogP contribution in [-0.4, -0.2) is 40.7 Å². The van der Waals surface area contributed by atoms with Gasteiger partial charge in [0, 0.05) is 11.1 Å². The largest absolute Gasteiger partial charge is 0.485 e. The monoisotopic (exact) mass is 318 g/mol. The van der Waals surface area contributed by atoms with E-state index in [0.29, 0.717) is 5.56 Å². The van der Waals surface area contributed by atoms with Crippen molar-refractivity contribution >= 4 is 5.91 Å². The summed E-state index contributed by atoms with van der Waals surface area (Å²) in [4.78, 5) is 13.9. The molecule has 0 spiro atoms. The van der Waals surface area contributed by atoms with Crippen LogP contribution in [0.3, 0.4) is 0 Å². The van der Waals surface area contributed by atoms with Gasteiger partial charge in [0.25, 0.3) is 0 Å². The van der Waals surface area contributed by atoms with E-state index in [1.807, 2.05) is 13.8 Å². The Balaban J connectivity index is 2.16. The first-order valence-corrected chi connectivity index (χ1v) is 8.33. The molecule has 0 radical (unpaired) electrons. The van der Waals surface area contributed by atoms with Crippen LogP contribution >= 0.6 is 0 Å². The van der Waals surface area contributed by atoms with E-state index in [1.165, 1.54) is 6.42 Å². The van der Waals surface area contributed by atoms with Crippen molar-refractivity contribution in [2.75, 3.05) is 13.1 Å². The van der Waals surface area contributed by atoms with Gasteiger partial charge < -0.3 is 15.6 Å². The van der Waals surface area contributed by atoms with Crippen LogP contribution < -0.4 is 10.5 Å². The van der Waals surface area contributed by atoms with Crippen LogP contribution in [0.4, 0.5) is 0 Å². The molecule has 0 aromatic heterocycles. The molecule has 1 aromatic rings. The molecular weight excluding hydrogens is 292 g/mol. The van der Waals surface area contributed by atoms with Crippen LogP contribution in [0.2, 0.25) is 0 Å². The van der Waals surface area contributed by atoms with Crippen molar-refractivity contribution in [3.05, 3.63) is 29.3 Å². The number of nitrogens with zero attached hydrogens (tertiary/aromatic N) is 1. The van der Waals surface area contributed by atoms with E-state index in [4.69, 9.17) is 10.5 Å². The molecule has 1 fully saturated rings. The summed E-state index contributed by atoms with van der Waals surface area (Å²) >= 11 is 0. The van der Waals surface area contributed by atoms with Crippen LogP contribution in [0.1, 0.15) is 56.0 Å². The number of carbonyl (C=O) groups is 1. The van der Waals surface area contributed by atoms with Crippen LogP contribution in [0.5, 0.6) is 5.75 Å². The maximum absolute atomic E-state index is 11.6. The van der Waals surface area contributed by atoms with Crippen molar-refractivity contribution in [2.45, 2.75) is 57.3 Å². The zero-order valence-electron chi connectivity index (χ0n) is 14.1. The number of amides is 1. The number of hydrogen-bond donors (Lipinski definition) is 2. The first-order chi connectivity index (χ1) is 10.8. The van der Waals surface area contributed by atoms with Crippen molar-refractivity contribution in [1.82, 2.24) is 4.90 Å². The number of nitrogens with two attached hydrogens (primary N) is 1. The lowest BCUT2D eigenvalue weighted by Gasteiger charge is -2.54. The summed E-state index contributed by atoms with van der Waals surface area (Å²) in [6, 6.07) is 5.27. The minimum atomic E-state index is -0.705. The van der Waals surface area contributed by atoms with Crippen molar-refractivity contribution in [3.8, 4) is 5.75 Å². The van der Waals surface area contributed by atoms with E-state index in [9.17, 15) is 9.90 Å². The van der Waals surface area contributed by atoms with Crippen LogP contribution in [0.25, 0.3) is 0 Å². The smallest absolute Gasteiger partial charge is 0.248 e. The third-order valence-electron chi connectivity index (χ3n) is 5.39. The average Bonchev–Trinajstić information content (AvgIpc) is 2.53. The highest BCUT2D eigenvalue weighted by atomic mass is 16.5. The molecule has 5 heteroatoms. The van der Waals surface area contributed by atoms with Gasteiger partial charge in [-0.05, 0) is 64.9 Å². The van der Waals surface area contributed by atoms with E-state index in [0.717, 1.165) is 37.2 Å². The Kier molecular flexibility index (Phi) is 3.89. The number of ether oxygens (including phenoxy) is 1. The molecule has 5 nitrogen and oxygen atoms in total. The van der Waals surface area contributed by atoms with E-state index < -0.39 is 23.2 Å². The first-order valence-electron chi connectivity index (χ1n) is 8.33. The summed E-state index contributed by atoms with van der Waals surface area (Å²) < 4.78 is 6.02. The predicted octanol–water partition coefficient (Wildman–Crippen LogP) is 2.02. The third-order valence-corrected chi connectivity index (χ3v) is 5.39. The Bertz CT molecular complexity index is 623. The van der Waals surface area contributed by atoms with Gasteiger partial charge in [-0.2, -0.15) is 0 Å². The van der Waals surface area contributed by atoms with E-state index >= 15 is 0 Å². The molecule has 3 rings (SSSR count). The molecule has 1 saturated heterocycles. The first kappa shape index (κ1) is 16.3. The minimum Gasteiger partial charge on any atom is -0.485 e. The van der Waals surface area contributed by atoms with Crippen molar-refractivity contribution < 1.29 is 14.6 Å². The Morgan fingerprint density at radius 2 is 1.91 bits per heavy atom. The number of likely N-dealkylation sites (tertiary alicyclic amines) is 1. The second kappa shape index (κ2) is 5.49. The quantitative estimate of drug-likeness (QED) is 0.875. The van der Waals surface area contributed by atoms with Crippen LogP contribution in [-0.2, 0) is 5.54 Å². The van der Waals surface area contributed by atoms with Gasteiger partial charge in [-0.15, -0.1) is 0 Å². The van der Waals surface area contributed by atoms with Gasteiger partial charge >= 0.3 is 0 Å². The van der Waals surface area contributed by atoms with Crippen molar-refractivity contribution in [1.29, 1.82) is 0 Å². The maximum Gasteiger partial charge on any atom is 0.248 e. The number of piperidine rings is 1. The Morgan fingerprint density at radius 3 is 2.52 bits per heavy atom. The Hall–Kier alpha value is -1.59. The van der Waals surface area contributed by atoms with Gasteiger partial charge in [0.15, 0.2) is 0 Å². The summed E-state index contributed by atoms with van der Waals surface area (Å²) in [5.74, 6) is 0.256. The van der Waals surface area contributed by atoms with Gasteiger partial charge in [-0.3, -0.25) is 9.69 Å². The second-order valence-corrected chi connectivity index (χ2v) is 7.38. The lowest BCUT2D eigenvalue weighted by atomic mass is 9.74. The number of aliphatic hydroxyl groups excluding tert-OH is 1. The molecule has 3 N–H and O–H groups in total. The van der Waals surface area contributed by atoms with Gasteiger partial charge in [0.1, 0.15) is 17.5 Å². The molecule has 126 valence electrons. The Morgan fingerprint density at radius 1 is 1.26 bits per heavy atom. The lowest BCUT2D eigenvalue weighted by Crippen LogP contribution is -2.64. The van der Waals surface area contributed by atoms with Gasteiger partial charge in [-0.25, -0.2) is 0 Å². The molecule has 0 aliphatic carbocycles. The standard InChI is InChI=1S/C18H26N2O3/c1-17(2)16(22)18(3,20-9-5-4-6-10-20)13-11-12(15(19)21)7-8-14(13)23-17/h7-8,11,16,22H,4-6,9-10H2,1-3H3,(H2,19,21)/t16-,18-/m0/s1. The number of aliphatic hydroxyl groups is 1. The normalized spacial score (nSPS) is 30.3. The van der Waals surface area contributed by atoms with Crippen LogP contribution in [0, 0.1) is 0 Å². The molecule has 2 aliphatic rings. The van der Waals surface area contributed by atoms with Gasteiger partial charge in [0.2, 0.25) is 5.91 Å². The second-order valence-electron chi connectivity index (χ2n) is 7.38. The van der Waals surface area contributed by atoms with Gasteiger partial charge in [0.05, 0.1) is 5.54 Å². The van der Waals surface area contributed by atoms with Gasteiger partial charge in [-0.1, -0.05) is 6.42 Å². The molecule has 0 saturated carbocycles. The molecule has 2 aliphatic heterocycles. The average molecular weight is 318 g/mol. The lowest BCUT2D eigenvalue weighted by molar-refractivity contribution is -0.140. The summed E-state index contributed by atoms with van der Waals surface area (Å²) in [5, 5.41) is 11.1. The fourth-order valence-corrected chi connectivity index (χ4v) is 4.03. The summed E-state index contributed by atoms with van der Waals surface area (Å²) in [6.45, 7) is 7.74. The summed E-state index contributed by atoms with van der Waals surface area (Å²) in [7, 11) is 0. The van der Waals surface area contributed by atoms with Crippen molar-refractivity contribution in [3.63, 3.8) is 0 Å². The van der Waals surface area contributed by atoms with E-state index in [1.54, 1.807) is 18.2 Å². The fraction of sp³-hybridized carbons (Fsp3) is 0.611. The molecule has 1 amide bonds. The summed E-state index contributed by atoms with van der Waals surface area (Å²) in [5.41, 5.74) is 5.45. The molecular formula is C18H26N2O3.